The van der Waals surface area contributed by atoms with Gasteiger partial charge in [-0.2, -0.15) is 0 Å². The van der Waals surface area contributed by atoms with E-state index in [1.165, 1.54) is 19.3 Å². The van der Waals surface area contributed by atoms with E-state index in [9.17, 15) is 19.8 Å². The number of rotatable bonds is 11. The van der Waals surface area contributed by atoms with Crippen molar-refractivity contribution in [3.05, 3.63) is 125 Å². The van der Waals surface area contributed by atoms with Crippen molar-refractivity contribution >= 4 is 23.8 Å². The number of nitrogens with one attached hydrogen (secondary N) is 2. The van der Waals surface area contributed by atoms with E-state index in [0.29, 0.717) is 12.3 Å². The molecular formula is C44H48N2O6S. The van der Waals surface area contributed by atoms with E-state index in [1.54, 1.807) is 23.9 Å². The first-order valence-electron chi connectivity index (χ1n) is 19.0. The normalized spacial score (nSPS) is 28.8. The zero-order valence-corrected chi connectivity index (χ0v) is 30.9. The van der Waals surface area contributed by atoms with Gasteiger partial charge in [0, 0.05) is 34.2 Å². The zero-order valence-electron chi connectivity index (χ0n) is 30.1. The minimum absolute atomic E-state index is 0.0202. The van der Waals surface area contributed by atoms with Crippen molar-refractivity contribution < 1.29 is 29.3 Å². The van der Waals surface area contributed by atoms with Gasteiger partial charge in [-0.1, -0.05) is 79.7 Å². The molecule has 9 rings (SSSR count). The van der Waals surface area contributed by atoms with Gasteiger partial charge >= 0.3 is 12.0 Å². The molecule has 4 bridgehead atoms. The smallest absolute Gasteiger partial charge is 0.335 e. The van der Waals surface area contributed by atoms with E-state index in [-0.39, 0.29) is 41.9 Å². The van der Waals surface area contributed by atoms with Crippen LogP contribution in [0, 0.1) is 23.7 Å². The summed E-state index contributed by atoms with van der Waals surface area (Å²) in [6.45, 7) is 2.56. The third kappa shape index (κ3) is 7.90. The number of carboxylic acids is 1. The van der Waals surface area contributed by atoms with Crippen LogP contribution in [0.3, 0.4) is 0 Å². The Bertz CT molecular complexity index is 1880. The van der Waals surface area contributed by atoms with Crippen molar-refractivity contribution in [3.8, 4) is 11.1 Å². The zero-order chi connectivity index (χ0) is 36.5. The molecule has 4 atom stereocenters. The number of urea groups is 1. The number of amides is 2. The van der Waals surface area contributed by atoms with Gasteiger partial charge in [-0.3, -0.25) is 0 Å². The molecule has 8 nitrogen and oxygen atoms in total. The number of hydrogen-bond donors (Lipinski definition) is 4. The van der Waals surface area contributed by atoms with Gasteiger partial charge in [0.15, 0.2) is 6.29 Å². The number of hydrogen-bond acceptors (Lipinski definition) is 6. The lowest BCUT2D eigenvalue weighted by atomic mass is 9.53. The summed E-state index contributed by atoms with van der Waals surface area (Å²) in [7, 11) is 0. The first kappa shape index (κ1) is 35.9. The topological polar surface area (TPSA) is 117 Å². The molecule has 0 aromatic heterocycles. The molecule has 0 spiro atoms. The number of ether oxygens (including phenoxy) is 2. The molecule has 276 valence electrons. The molecule has 4 aromatic rings. The van der Waals surface area contributed by atoms with Crippen LogP contribution in [-0.4, -0.2) is 39.6 Å². The van der Waals surface area contributed by atoms with Crippen LogP contribution in [-0.2, 0) is 22.6 Å². The summed E-state index contributed by atoms with van der Waals surface area (Å²) in [5, 5.41) is 25.5. The van der Waals surface area contributed by atoms with Crippen molar-refractivity contribution in [2.45, 2.75) is 87.5 Å². The summed E-state index contributed by atoms with van der Waals surface area (Å²) in [5.74, 6) is 2.07. The molecule has 4 N–H and O–H groups in total. The third-order valence-electron chi connectivity index (χ3n) is 12.0. The maximum Gasteiger partial charge on any atom is 0.335 e. The lowest BCUT2D eigenvalue weighted by Gasteiger charge is -2.56. The van der Waals surface area contributed by atoms with Crippen molar-refractivity contribution in [2.24, 2.45) is 23.7 Å². The van der Waals surface area contributed by atoms with Crippen LogP contribution in [0.25, 0.3) is 11.1 Å². The van der Waals surface area contributed by atoms with Crippen LogP contribution < -0.4 is 10.6 Å². The molecule has 0 radical (unpaired) electrons. The molecule has 4 aliphatic carbocycles. The van der Waals surface area contributed by atoms with Gasteiger partial charge in [0.1, 0.15) is 0 Å². The Labute approximate surface area is 315 Å². The Kier molecular flexibility index (Phi) is 10.4. The van der Waals surface area contributed by atoms with Gasteiger partial charge in [0.05, 0.1) is 24.4 Å². The SMILES string of the molecule is C[C@@H]1[C@H](CSc2ccc(C(=O)O)cc2)O[C@H](c2ccc(-c3ccccc3CNC(=O)NC34CC5CC(CC(C5)C3)C4)cc2)O[C@@H]1c1ccc(CO)cc1. The number of carboxylic acid groups (broad SMARTS) is 1. The van der Waals surface area contributed by atoms with Crippen LogP contribution >= 0.6 is 11.8 Å². The molecule has 5 aliphatic rings. The molecule has 4 aromatic carbocycles. The summed E-state index contributed by atoms with van der Waals surface area (Å²) in [6, 6.07) is 31.3. The minimum Gasteiger partial charge on any atom is -0.478 e. The quantitative estimate of drug-likeness (QED) is 0.114. The Balaban J connectivity index is 0.961. The van der Waals surface area contributed by atoms with Crippen molar-refractivity contribution in [3.63, 3.8) is 0 Å². The second-order valence-corrected chi connectivity index (χ2v) is 16.8. The fourth-order valence-electron chi connectivity index (χ4n) is 9.68. The summed E-state index contributed by atoms with van der Waals surface area (Å²) < 4.78 is 13.4. The van der Waals surface area contributed by atoms with Crippen molar-refractivity contribution in [2.75, 3.05) is 5.75 Å². The van der Waals surface area contributed by atoms with E-state index in [4.69, 9.17) is 9.47 Å². The van der Waals surface area contributed by atoms with Crippen LogP contribution in [0.15, 0.2) is 102 Å². The Morgan fingerprint density at radius 1 is 0.811 bits per heavy atom. The number of thioether (sulfide) groups is 1. The molecule has 53 heavy (non-hydrogen) atoms. The number of carbonyl (C=O) groups excluding carboxylic acids is 1. The monoisotopic (exact) mass is 732 g/mol. The Morgan fingerprint density at radius 3 is 2.09 bits per heavy atom. The predicted molar refractivity (Wildman–Crippen MR) is 205 cm³/mol. The fourth-order valence-corrected chi connectivity index (χ4v) is 10.7. The van der Waals surface area contributed by atoms with Crippen LogP contribution in [0.4, 0.5) is 4.79 Å². The lowest BCUT2D eigenvalue weighted by Crippen LogP contribution is -2.61. The Hall–Kier alpha value is -4.15. The highest BCUT2D eigenvalue weighted by molar-refractivity contribution is 7.99. The minimum atomic E-state index is -0.943. The van der Waals surface area contributed by atoms with Crippen LogP contribution in [0.5, 0.6) is 0 Å². The van der Waals surface area contributed by atoms with Crippen molar-refractivity contribution in [1.82, 2.24) is 10.6 Å². The molecule has 2 amide bonds. The predicted octanol–water partition coefficient (Wildman–Crippen LogP) is 8.90. The summed E-state index contributed by atoms with van der Waals surface area (Å²) >= 11 is 1.63. The number of benzene rings is 4. The van der Waals surface area contributed by atoms with Gasteiger partial charge < -0.3 is 30.3 Å². The van der Waals surface area contributed by atoms with Crippen LogP contribution in [0.2, 0.25) is 0 Å². The van der Waals surface area contributed by atoms with Gasteiger partial charge in [0.25, 0.3) is 0 Å². The molecule has 1 heterocycles. The highest BCUT2D eigenvalue weighted by atomic mass is 32.2. The highest BCUT2D eigenvalue weighted by Crippen LogP contribution is 2.55. The lowest BCUT2D eigenvalue weighted by molar-refractivity contribution is -0.268. The standard InChI is InChI=1S/C44H48N2O6S/c1-27-39(26-53-37-16-14-34(15-17-37)41(48)49)51-42(52-40(27)33-8-6-28(25-47)7-9-33)35-12-10-32(11-13-35)38-5-3-2-4-36(38)24-45-43(50)46-44-21-29-18-30(22-44)20-31(19-29)23-44/h2-17,27,29-31,39-40,42,47H,18-26H2,1H3,(H,48,49)(H2,45,46,50)/t27-,29?,30?,31?,39+,40+,42+,44?/m1/s1. The summed E-state index contributed by atoms with van der Waals surface area (Å²) in [5.41, 5.74) is 6.18. The van der Waals surface area contributed by atoms with Crippen molar-refractivity contribution in [1.29, 1.82) is 0 Å². The maximum absolute atomic E-state index is 13.3. The average molecular weight is 733 g/mol. The maximum atomic E-state index is 13.3. The van der Waals surface area contributed by atoms with Crippen LogP contribution in [0.1, 0.15) is 90.5 Å². The fraction of sp³-hybridized carbons (Fsp3) is 0.409. The second-order valence-electron chi connectivity index (χ2n) is 15.7. The van der Waals surface area contributed by atoms with Gasteiger partial charge in [-0.25, -0.2) is 9.59 Å². The first-order chi connectivity index (χ1) is 25.7. The van der Waals surface area contributed by atoms with Gasteiger partial charge in [-0.05, 0) is 108 Å². The molecule has 0 unspecified atom stereocenters. The largest absolute Gasteiger partial charge is 0.478 e. The Morgan fingerprint density at radius 2 is 1.45 bits per heavy atom. The molecule has 5 fully saturated rings. The van der Waals surface area contributed by atoms with Gasteiger partial charge in [0.2, 0.25) is 0 Å². The molecular weight excluding hydrogens is 685 g/mol. The molecule has 9 heteroatoms. The van der Waals surface area contributed by atoms with E-state index in [0.717, 1.165) is 75.3 Å². The van der Waals surface area contributed by atoms with E-state index in [2.05, 4.69) is 54.0 Å². The summed E-state index contributed by atoms with van der Waals surface area (Å²) in [4.78, 5) is 25.6. The number of aliphatic hydroxyl groups excluding tert-OH is 1. The molecule has 1 saturated heterocycles. The number of aliphatic hydroxyl groups is 1. The van der Waals surface area contributed by atoms with E-state index >= 15 is 0 Å². The first-order valence-corrected chi connectivity index (χ1v) is 19.9. The highest BCUT2D eigenvalue weighted by Gasteiger charge is 2.51. The summed E-state index contributed by atoms with van der Waals surface area (Å²) in [6.07, 6.45) is 6.42. The number of carbonyl (C=O) groups is 2. The van der Waals surface area contributed by atoms with E-state index < -0.39 is 12.3 Å². The van der Waals surface area contributed by atoms with E-state index in [1.807, 2.05) is 48.5 Å². The molecule has 1 aliphatic heterocycles. The number of aromatic carboxylic acids is 1. The molecule has 4 saturated carbocycles. The third-order valence-corrected chi connectivity index (χ3v) is 13.1. The van der Waals surface area contributed by atoms with Gasteiger partial charge in [-0.15, -0.1) is 11.8 Å². The second kappa shape index (κ2) is 15.3. The average Bonchev–Trinajstić information content (AvgIpc) is 3.16.